The fourth-order valence-corrected chi connectivity index (χ4v) is 1.19. The van der Waals surface area contributed by atoms with Crippen molar-refractivity contribution in [3.05, 3.63) is 0 Å². The maximum absolute atomic E-state index is 11.2. The van der Waals surface area contributed by atoms with E-state index < -0.39 is 0 Å². The van der Waals surface area contributed by atoms with Crippen molar-refractivity contribution in [2.24, 2.45) is 4.99 Å². The van der Waals surface area contributed by atoms with Crippen LogP contribution in [0.4, 0.5) is 0 Å². The molecule has 1 aliphatic heterocycles. The van der Waals surface area contributed by atoms with Crippen molar-refractivity contribution >= 4 is 12.2 Å². The molecular weight excluding hydrogens is 158 g/mol. The van der Waals surface area contributed by atoms with Gasteiger partial charge in [-0.3, -0.25) is 20.5 Å². The summed E-state index contributed by atoms with van der Waals surface area (Å²) in [6.07, 6.45) is 3.88. The molecule has 1 rings (SSSR count). The number of hydrogen-bond donors (Lipinski definition) is 3. The van der Waals surface area contributed by atoms with Crippen LogP contribution in [0.2, 0.25) is 0 Å². The van der Waals surface area contributed by atoms with E-state index in [1.54, 1.807) is 5.48 Å². The van der Waals surface area contributed by atoms with Crippen LogP contribution in [0, 0.1) is 0 Å². The Balaban J connectivity index is 2.47. The summed E-state index contributed by atoms with van der Waals surface area (Å²) in [5.74, 6) is -0.0565. The van der Waals surface area contributed by atoms with Crippen molar-refractivity contribution < 1.29 is 10.0 Å². The predicted molar refractivity (Wildman–Crippen MR) is 44.1 cm³/mol. The normalized spacial score (nSPS) is 25.1. The number of aliphatic imine (C=N–C) groups is 1. The maximum atomic E-state index is 11.2. The molecule has 12 heavy (non-hydrogen) atoms. The second kappa shape index (κ2) is 4.71. The molecule has 1 heterocycles. The van der Waals surface area contributed by atoms with Crippen molar-refractivity contribution in [2.75, 3.05) is 6.54 Å². The van der Waals surface area contributed by atoms with Crippen LogP contribution in [-0.2, 0) is 4.79 Å². The molecule has 0 aromatic rings. The van der Waals surface area contributed by atoms with E-state index in [1.165, 1.54) is 0 Å². The standard InChI is InChI=1S/C7H13N3O2/c11-7-6(9-5-10-12)3-1-2-4-8-7/h5-6,12H,1-4H2,(H,8,11)(H,9,10)/t6-/m0/s1. The summed E-state index contributed by atoms with van der Waals surface area (Å²) in [7, 11) is 0. The first kappa shape index (κ1) is 8.99. The molecule has 1 amide bonds. The Labute approximate surface area is 70.8 Å². The molecule has 0 spiro atoms. The van der Waals surface area contributed by atoms with Crippen molar-refractivity contribution in [3.8, 4) is 0 Å². The van der Waals surface area contributed by atoms with Gasteiger partial charge in [0.15, 0.2) is 0 Å². The Bertz CT molecular complexity index is 181. The van der Waals surface area contributed by atoms with Crippen LogP contribution in [0.15, 0.2) is 4.99 Å². The summed E-state index contributed by atoms with van der Waals surface area (Å²) in [5, 5.41) is 11.0. The molecule has 68 valence electrons. The first-order chi connectivity index (χ1) is 5.84. The summed E-state index contributed by atoms with van der Waals surface area (Å²) in [6, 6.07) is -0.341. The molecule has 0 radical (unpaired) electrons. The SMILES string of the molecule is O=C1NCCCC[C@@H]1N=CNO. The van der Waals surface area contributed by atoms with E-state index >= 15 is 0 Å². The van der Waals surface area contributed by atoms with Crippen LogP contribution < -0.4 is 10.8 Å². The molecule has 0 saturated carbocycles. The first-order valence-electron chi connectivity index (χ1n) is 4.03. The third-order valence-corrected chi connectivity index (χ3v) is 1.82. The molecule has 0 aromatic carbocycles. The lowest BCUT2D eigenvalue weighted by Crippen LogP contribution is -2.32. The Kier molecular flexibility index (Phi) is 3.53. The van der Waals surface area contributed by atoms with E-state index in [0.29, 0.717) is 0 Å². The fraction of sp³-hybridized carbons (Fsp3) is 0.714. The fourth-order valence-electron chi connectivity index (χ4n) is 1.19. The minimum absolute atomic E-state index is 0.0565. The average molecular weight is 171 g/mol. The van der Waals surface area contributed by atoms with E-state index in [-0.39, 0.29) is 11.9 Å². The van der Waals surface area contributed by atoms with Crippen molar-refractivity contribution in [1.29, 1.82) is 0 Å². The van der Waals surface area contributed by atoms with Gasteiger partial charge in [-0.1, -0.05) is 0 Å². The molecular formula is C7H13N3O2. The highest BCUT2D eigenvalue weighted by Gasteiger charge is 2.18. The van der Waals surface area contributed by atoms with Gasteiger partial charge in [0.05, 0.1) is 0 Å². The zero-order valence-corrected chi connectivity index (χ0v) is 6.79. The van der Waals surface area contributed by atoms with Gasteiger partial charge in [0, 0.05) is 6.54 Å². The summed E-state index contributed by atoms with van der Waals surface area (Å²) in [6.45, 7) is 0.734. The van der Waals surface area contributed by atoms with Gasteiger partial charge in [-0.15, -0.1) is 0 Å². The molecule has 1 atom stereocenters. The van der Waals surface area contributed by atoms with E-state index in [9.17, 15) is 4.79 Å². The van der Waals surface area contributed by atoms with E-state index in [1.807, 2.05) is 0 Å². The monoisotopic (exact) mass is 171 g/mol. The summed E-state index contributed by atoms with van der Waals surface area (Å²) >= 11 is 0. The van der Waals surface area contributed by atoms with Crippen LogP contribution in [0.1, 0.15) is 19.3 Å². The number of rotatable bonds is 2. The molecule has 0 bridgehead atoms. The number of hydroxylamine groups is 1. The third-order valence-electron chi connectivity index (χ3n) is 1.82. The predicted octanol–water partition coefficient (Wildman–Crippen LogP) is -0.338. The Morgan fingerprint density at radius 2 is 2.50 bits per heavy atom. The highest BCUT2D eigenvalue weighted by atomic mass is 16.5. The summed E-state index contributed by atoms with van der Waals surface area (Å²) < 4.78 is 0. The zero-order chi connectivity index (χ0) is 8.81. The lowest BCUT2D eigenvalue weighted by atomic mass is 10.1. The molecule has 1 aliphatic rings. The number of carbonyl (C=O) groups is 1. The maximum Gasteiger partial charge on any atom is 0.244 e. The largest absolute Gasteiger partial charge is 0.354 e. The van der Waals surface area contributed by atoms with Gasteiger partial charge in [0.25, 0.3) is 0 Å². The Hall–Kier alpha value is -1.10. The van der Waals surface area contributed by atoms with Crippen LogP contribution in [0.25, 0.3) is 0 Å². The van der Waals surface area contributed by atoms with Gasteiger partial charge >= 0.3 is 0 Å². The van der Waals surface area contributed by atoms with Crippen LogP contribution >= 0.6 is 0 Å². The minimum atomic E-state index is -0.341. The number of amides is 1. The van der Waals surface area contributed by atoms with Gasteiger partial charge in [-0.25, -0.2) is 0 Å². The molecule has 1 saturated heterocycles. The van der Waals surface area contributed by atoms with E-state index in [2.05, 4.69) is 10.3 Å². The number of hydrogen-bond acceptors (Lipinski definition) is 3. The van der Waals surface area contributed by atoms with E-state index in [4.69, 9.17) is 5.21 Å². The second-order valence-corrected chi connectivity index (χ2v) is 2.71. The van der Waals surface area contributed by atoms with Crippen LogP contribution in [0.5, 0.6) is 0 Å². The zero-order valence-electron chi connectivity index (χ0n) is 6.79. The number of carbonyl (C=O) groups excluding carboxylic acids is 1. The van der Waals surface area contributed by atoms with Gasteiger partial charge in [-0.05, 0) is 19.3 Å². The van der Waals surface area contributed by atoms with Crippen molar-refractivity contribution in [2.45, 2.75) is 25.3 Å². The molecule has 3 N–H and O–H groups in total. The number of nitrogens with zero attached hydrogens (tertiary/aromatic N) is 1. The highest BCUT2D eigenvalue weighted by molar-refractivity contribution is 5.83. The van der Waals surface area contributed by atoms with Crippen LogP contribution in [0.3, 0.4) is 0 Å². The second-order valence-electron chi connectivity index (χ2n) is 2.71. The van der Waals surface area contributed by atoms with Gasteiger partial charge < -0.3 is 5.32 Å². The van der Waals surface area contributed by atoms with Gasteiger partial charge in [-0.2, -0.15) is 0 Å². The third kappa shape index (κ3) is 2.50. The molecule has 0 aromatic heterocycles. The lowest BCUT2D eigenvalue weighted by Gasteiger charge is -2.05. The van der Waals surface area contributed by atoms with E-state index in [0.717, 1.165) is 32.1 Å². The van der Waals surface area contributed by atoms with Gasteiger partial charge in [0.1, 0.15) is 12.4 Å². The Morgan fingerprint density at radius 3 is 3.25 bits per heavy atom. The molecule has 0 aliphatic carbocycles. The highest BCUT2D eigenvalue weighted by Crippen LogP contribution is 2.07. The minimum Gasteiger partial charge on any atom is -0.354 e. The van der Waals surface area contributed by atoms with Gasteiger partial charge in [0.2, 0.25) is 5.91 Å². The topological polar surface area (TPSA) is 73.7 Å². The number of nitrogens with one attached hydrogen (secondary N) is 2. The molecule has 1 fully saturated rings. The summed E-state index contributed by atoms with van der Waals surface area (Å²) in [5.41, 5.74) is 1.78. The molecule has 5 heteroatoms. The average Bonchev–Trinajstić information content (AvgIpc) is 2.27. The molecule has 5 nitrogen and oxygen atoms in total. The Morgan fingerprint density at radius 1 is 1.67 bits per heavy atom. The summed E-state index contributed by atoms with van der Waals surface area (Å²) in [4.78, 5) is 15.0. The van der Waals surface area contributed by atoms with Crippen molar-refractivity contribution in [3.63, 3.8) is 0 Å². The van der Waals surface area contributed by atoms with Crippen molar-refractivity contribution in [1.82, 2.24) is 10.8 Å². The lowest BCUT2D eigenvalue weighted by molar-refractivity contribution is -0.121. The van der Waals surface area contributed by atoms with Crippen LogP contribution in [-0.4, -0.2) is 30.0 Å². The molecule has 0 unspecified atom stereocenters. The smallest absolute Gasteiger partial charge is 0.244 e. The first-order valence-corrected chi connectivity index (χ1v) is 4.03. The quantitative estimate of drug-likeness (QED) is 0.302.